The molecule has 1 aromatic heterocycles. The minimum atomic E-state index is 0.578. The number of aryl methyl sites for hydroxylation is 1. The standard InChI is InChI=1S/C18H26N2O2/c1-3-5-6-7-8-14-21-16-12-10-15(11-13-16)18-19-17(9-4-2)20-22-18/h10-13H,3-9,14H2,1-2H3. The first-order valence-electron chi connectivity index (χ1n) is 8.39. The van der Waals surface area contributed by atoms with Crippen molar-refractivity contribution in [2.45, 2.75) is 58.8 Å². The summed E-state index contributed by atoms with van der Waals surface area (Å²) in [6.45, 7) is 5.11. The first-order chi connectivity index (χ1) is 10.8. The van der Waals surface area contributed by atoms with Gasteiger partial charge in [0.05, 0.1) is 6.61 Å². The van der Waals surface area contributed by atoms with Gasteiger partial charge in [0.1, 0.15) is 5.75 Å². The quantitative estimate of drug-likeness (QED) is 0.577. The Bertz CT molecular complexity index is 534. The number of nitrogens with zero attached hydrogens (tertiary/aromatic N) is 2. The van der Waals surface area contributed by atoms with E-state index in [0.717, 1.165) is 43.0 Å². The third kappa shape index (κ3) is 5.17. The molecule has 0 fully saturated rings. The van der Waals surface area contributed by atoms with Gasteiger partial charge in [0.25, 0.3) is 5.89 Å². The third-order valence-corrected chi connectivity index (χ3v) is 3.56. The molecule has 0 aliphatic heterocycles. The zero-order valence-electron chi connectivity index (χ0n) is 13.7. The van der Waals surface area contributed by atoms with Gasteiger partial charge in [-0.15, -0.1) is 0 Å². The van der Waals surface area contributed by atoms with Crippen LogP contribution in [0.4, 0.5) is 0 Å². The SMILES string of the molecule is CCCCCCCOc1ccc(-c2nc(CCC)no2)cc1. The summed E-state index contributed by atoms with van der Waals surface area (Å²) in [5.74, 6) is 2.24. The predicted molar refractivity (Wildman–Crippen MR) is 88.0 cm³/mol. The van der Waals surface area contributed by atoms with Crippen molar-refractivity contribution in [2.75, 3.05) is 6.61 Å². The number of unbranched alkanes of at least 4 members (excludes halogenated alkanes) is 4. The predicted octanol–water partition coefficient (Wildman–Crippen LogP) is 5.04. The highest BCUT2D eigenvalue weighted by molar-refractivity contribution is 5.54. The maximum atomic E-state index is 5.75. The lowest BCUT2D eigenvalue weighted by Crippen LogP contribution is -1.97. The second-order valence-electron chi connectivity index (χ2n) is 5.55. The molecule has 0 atom stereocenters. The Kier molecular flexibility index (Phi) is 6.94. The van der Waals surface area contributed by atoms with Gasteiger partial charge >= 0.3 is 0 Å². The maximum Gasteiger partial charge on any atom is 0.257 e. The molecule has 0 N–H and O–H groups in total. The molecule has 1 heterocycles. The second kappa shape index (κ2) is 9.23. The summed E-state index contributed by atoms with van der Waals surface area (Å²) in [7, 11) is 0. The molecular weight excluding hydrogens is 276 g/mol. The van der Waals surface area contributed by atoms with Gasteiger partial charge in [0.2, 0.25) is 0 Å². The average Bonchev–Trinajstić information content (AvgIpc) is 3.00. The first kappa shape index (κ1) is 16.5. The molecule has 1 aromatic carbocycles. The van der Waals surface area contributed by atoms with Gasteiger partial charge in [-0.2, -0.15) is 4.98 Å². The Morgan fingerprint density at radius 3 is 2.45 bits per heavy atom. The minimum absolute atomic E-state index is 0.578. The highest BCUT2D eigenvalue weighted by atomic mass is 16.5. The molecule has 4 nitrogen and oxygen atoms in total. The number of aromatic nitrogens is 2. The molecule has 0 saturated heterocycles. The zero-order valence-corrected chi connectivity index (χ0v) is 13.7. The highest BCUT2D eigenvalue weighted by Gasteiger charge is 2.08. The van der Waals surface area contributed by atoms with Gasteiger partial charge in [-0.25, -0.2) is 0 Å². The number of ether oxygens (including phenoxy) is 1. The summed E-state index contributed by atoms with van der Waals surface area (Å²) in [4.78, 5) is 4.39. The Balaban J connectivity index is 1.79. The topological polar surface area (TPSA) is 48.2 Å². The van der Waals surface area contributed by atoms with Crippen LogP contribution < -0.4 is 4.74 Å². The van der Waals surface area contributed by atoms with E-state index in [9.17, 15) is 0 Å². The summed E-state index contributed by atoms with van der Waals surface area (Å²) in [5.41, 5.74) is 0.935. The molecule has 0 bridgehead atoms. The van der Waals surface area contributed by atoms with E-state index in [4.69, 9.17) is 9.26 Å². The van der Waals surface area contributed by atoms with Crippen molar-refractivity contribution >= 4 is 0 Å². The first-order valence-corrected chi connectivity index (χ1v) is 8.39. The highest BCUT2D eigenvalue weighted by Crippen LogP contribution is 2.21. The number of benzene rings is 1. The molecule has 2 aromatic rings. The summed E-state index contributed by atoms with van der Waals surface area (Å²) in [6.07, 6.45) is 8.12. The van der Waals surface area contributed by atoms with E-state index in [0.29, 0.717) is 5.89 Å². The molecule has 120 valence electrons. The van der Waals surface area contributed by atoms with Crippen molar-refractivity contribution in [3.8, 4) is 17.2 Å². The summed E-state index contributed by atoms with van der Waals surface area (Å²) >= 11 is 0. The van der Waals surface area contributed by atoms with Crippen molar-refractivity contribution in [1.29, 1.82) is 0 Å². The van der Waals surface area contributed by atoms with Gasteiger partial charge in [-0.05, 0) is 37.1 Å². The summed E-state index contributed by atoms with van der Waals surface area (Å²) in [6, 6.07) is 7.86. The monoisotopic (exact) mass is 302 g/mol. The van der Waals surface area contributed by atoms with Crippen LogP contribution in [-0.2, 0) is 6.42 Å². The van der Waals surface area contributed by atoms with Gasteiger partial charge in [-0.3, -0.25) is 0 Å². The van der Waals surface area contributed by atoms with Crippen LogP contribution in [0.2, 0.25) is 0 Å². The van der Waals surface area contributed by atoms with E-state index in [1.54, 1.807) is 0 Å². The van der Waals surface area contributed by atoms with E-state index < -0.39 is 0 Å². The van der Waals surface area contributed by atoms with Gasteiger partial charge in [0.15, 0.2) is 5.82 Å². The number of hydrogen-bond donors (Lipinski definition) is 0. The van der Waals surface area contributed by atoms with Crippen LogP contribution >= 0.6 is 0 Å². The molecule has 0 radical (unpaired) electrons. The largest absolute Gasteiger partial charge is 0.494 e. The van der Waals surface area contributed by atoms with Crippen LogP contribution in [0.1, 0.15) is 58.2 Å². The van der Waals surface area contributed by atoms with Crippen molar-refractivity contribution in [3.05, 3.63) is 30.1 Å². The molecule has 4 heteroatoms. The number of rotatable bonds is 10. The minimum Gasteiger partial charge on any atom is -0.494 e. The van der Waals surface area contributed by atoms with Crippen molar-refractivity contribution in [3.63, 3.8) is 0 Å². The fourth-order valence-corrected chi connectivity index (χ4v) is 2.29. The van der Waals surface area contributed by atoms with Crippen LogP contribution in [0.25, 0.3) is 11.5 Å². The van der Waals surface area contributed by atoms with Gasteiger partial charge in [-0.1, -0.05) is 44.7 Å². The van der Waals surface area contributed by atoms with Crippen LogP contribution in [0.5, 0.6) is 5.75 Å². The maximum absolute atomic E-state index is 5.75. The molecule has 22 heavy (non-hydrogen) atoms. The smallest absolute Gasteiger partial charge is 0.257 e. The second-order valence-corrected chi connectivity index (χ2v) is 5.55. The van der Waals surface area contributed by atoms with E-state index >= 15 is 0 Å². The zero-order chi connectivity index (χ0) is 15.6. The van der Waals surface area contributed by atoms with Crippen LogP contribution in [0, 0.1) is 0 Å². The van der Waals surface area contributed by atoms with Crippen molar-refractivity contribution in [2.24, 2.45) is 0 Å². The lowest BCUT2D eigenvalue weighted by atomic mass is 10.2. The fraction of sp³-hybridized carbons (Fsp3) is 0.556. The Hall–Kier alpha value is -1.84. The van der Waals surface area contributed by atoms with E-state index in [1.807, 2.05) is 24.3 Å². The molecular formula is C18H26N2O2. The molecule has 0 aliphatic carbocycles. The Morgan fingerprint density at radius 2 is 1.73 bits per heavy atom. The van der Waals surface area contributed by atoms with Crippen LogP contribution in [-0.4, -0.2) is 16.7 Å². The van der Waals surface area contributed by atoms with Gasteiger partial charge in [0, 0.05) is 12.0 Å². The molecule has 0 unspecified atom stereocenters. The molecule has 0 spiro atoms. The lowest BCUT2D eigenvalue weighted by Gasteiger charge is -2.06. The lowest BCUT2D eigenvalue weighted by molar-refractivity contribution is 0.304. The van der Waals surface area contributed by atoms with E-state index in [-0.39, 0.29) is 0 Å². The average molecular weight is 302 g/mol. The van der Waals surface area contributed by atoms with Crippen molar-refractivity contribution < 1.29 is 9.26 Å². The van der Waals surface area contributed by atoms with Crippen LogP contribution in [0.3, 0.4) is 0 Å². The molecule has 0 amide bonds. The van der Waals surface area contributed by atoms with Crippen LogP contribution in [0.15, 0.2) is 28.8 Å². The Morgan fingerprint density at radius 1 is 0.955 bits per heavy atom. The molecule has 2 rings (SSSR count). The summed E-state index contributed by atoms with van der Waals surface area (Å²) < 4.78 is 11.0. The number of hydrogen-bond acceptors (Lipinski definition) is 4. The van der Waals surface area contributed by atoms with Crippen molar-refractivity contribution in [1.82, 2.24) is 10.1 Å². The van der Waals surface area contributed by atoms with Gasteiger partial charge < -0.3 is 9.26 Å². The van der Waals surface area contributed by atoms with E-state index in [1.165, 1.54) is 25.7 Å². The normalized spacial score (nSPS) is 10.8. The fourth-order valence-electron chi connectivity index (χ4n) is 2.29. The summed E-state index contributed by atoms with van der Waals surface area (Å²) in [5, 5.41) is 3.97. The van der Waals surface area contributed by atoms with E-state index in [2.05, 4.69) is 24.0 Å². The Labute approximate surface area is 132 Å². The molecule has 0 saturated carbocycles. The third-order valence-electron chi connectivity index (χ3n) is 3.56. The molecule has 0 aliphatic rings.